The van der Waals surface area contributed by atoms with E-state index in [1.807, 2.05) is 0 Å². The fourth-order valence-electron chi connectivity index (χ4n) is 5.22. The number of allylic oxidation sites excluding steroid dienone is 1. The molecular formula is C24H35NO3. The molecule has 1 N–H and O–H groups in total. The third-order valence-corrected chi connectivity index (χ3v) is 6.70. The third-order valence-electron chi connectivity index (χ3n) is 6.70. The first-order valence-corrected chi connectivity index (χ1v) is 11.1. The van der Waals surface area contributed by atoms with Crippen molar-refractivity contribution in [2.75, 3.05) is 13.6 Å². The Bertz CT molecular complexity index is 723. The van der Waals surface area contributed by atoms with Crippen LogP contribution in [0.5, 0.6) is 11.5 Å². The highest BCUT2D eigenvalue weighted by atomic mass is 16.5. The SMILES string of the molecule is CC(C)Oc1ccc([C@@]23CC[C@H](O)C=C2N(C)CC3)cc1OC1CCCCC1. The standard InChI is InChI=1S/C24H35NO3/c1-17(2)27-21-10-9-18(15-22(21)28-20-7-5-4-6-8-20)24-12-11-19(26)16-23(24)25(3)14-13-24/h9-10,15-17,19-20,26H,4-8,11-14H2,1-3H3/t19-,24-/m0/s1. The van der Waals surface area contributed by atoms with Crippen LogP contribution < -0.4 is 9.47 Å². The van der Waals surface area contributed by atoms with E-state index >= 15 is 0 Å². The van der Waals surface area contributed by atoms with Gasteiger partial charge in [0.1, 0.15) is 0 Å². The molecule has 0 bridgehead atoms. The van der Waals surface area contributed by atoms with Crippen molar-refractivity contribution >= 4 is 0 Å². The molecule has 0 aromatic heterocycles. The molecule has 0 radical (unpaired) electrons. The van der Waals surface area contributed by atoms with Crippen molar-refractivity contribution in [3.05, 3.63) is 35.5 Å². The predicted molar refractivity (Wildman–Crippen MR) is 112 cm³/mol. The summed E-state index contributed by atoms with van der Waals surface area (Å²) in [6.07, 6.45) is 11.2. The first kappa shape index (κ1) is 19.6. The number of hydrogen-bond acceptors (Lipinski definition) is 4. The second-order valence-electron chi connectivity index (χ2n) is 9.12. The molecule has 2 aliphatic carbocycles. The van der Waals surface area contributed by atoms with Crippen LogP contribution in [0.3, 0.4) is 0 Å². The minimum atomic E-state index is -0.329. The van der Waals surface area contributed by atoms with Gasteiger partial charge in [-0.25, -0.2) is 0 Å². The monoisotopic (exact) mass is 385 g/mol. The number of nitrogens with zero attached hydrogens (tertiary/aromatic N) is 1. The van der Waals surface area contributed by atoms with Gasteiger partial charge in [0.25, 0.3) is 0 Å². The van der Waals surface area contributed by atoms with E-state index in [1.165, 1.54) is 30.5 Å². The molecule has 1 aromatic rings. The second-order valence-corrected chi connectivity index (χ2v) is 9.12. The number of rotatable bonds is 5. The Labute approximate surface area is 169 Å². The molecule has 2 atom stereocenters. The van der Waals surface area contributed by atoms with Crippen molar-refractivity contribution in [1.82, 2.24) is 4.90 Å². The Hall–Kier alpha value is -1.68. The van der Waals surface area contributed by atoms with E-state index in [9.17, 15) is 5.11 Å². The summed E-state index contributed by atoms with van der Waals surface area (Å²) in [4.78, 5) is 2.31. The average molecular weight is 386 g/mol. The van der Waals surface area contributed by atoms with E-state index in [1.54, 1.807) is 0 Å². The highest BCUT2D eigenvalue weighted by molar-refractivity contribution is 5.50. The van der Waals surface area contributed by atoms with Gasteiger partial charge >= 0.3 is 0 Å². The van der Waals surface area contributed by atoms with Crippen molar-refractivity contribution in [1.29, 1.82) is 0 Å². The molecule has 0 unspecified atom stereocenters. The number of hydrogen-bond donors (Lipinski definition) is 1. The van der Waals surface area contributed by atoms with Crippen LogP contribution in [-0.4, -0.2) is 41.9 Å². The first-order chi connectivity index (χ1) is 13.5. The third kappa shape index (κ3) is 3.76. The maximum absolute atomic E-state index is 10.2. The van der Waals surface area contributed by atoms with Crippen molar-refractivity contribution in [2.24, 2.45) is 0 Å². The normalized spacial score (nSPS) is 28.2. The molecule has 1 aromatic carbocycles. The van der Waals surface area contributed by atoms with E-state index in [4.69, 9.17) is 9.47 Å². The number of ether oxygens (including phenoxy) is 2. The van der Waals surface area contributed by atoms with Crippen LogP contribution in [0.25, 0.3) is 0 Å². The summed E-state index contributed by atoms with van der Waals surface area (Å²) in [7, 11) is 2.14. The van der Waals surface area contributed by atoms with Crippen LogP contribution in [0.1, 0.15) is 70.8 Å². The van der Waals surface area contributed by atoms with Gasteiger partial charge in [0, 0.05) is 24.7 Å². The van der Waals surface area contributed by atoms with Gasteiger partial charge in [0.2, 0.25) is 0 Å². The zero-order valence-corrected chi connectivity index (χ0v) is 17.6. The van der Waals surface area contributed by atoms with Gasteiger partial charge in [0.05, 0.1) is 18.3 Å². The maximum Gasteiger partial charge on any atom is 0.161 e. The number of aliphatic hydroxyl groups excluding tert-OH is 1. The summed E-state index contributed by atoms with van der Waals surface area (Å²) in [5.74, 6) is 1.75. The van der Waals surface area contributed by atoms with Crippen LogP contribution in [0.4, 0.5) is 0 Å². The quantitative estimate of drug-likeness (QED) is 0.791. The van der Waals surface area contributed by atoms with E-state index in [0.717, 1.165) is 50.1 Å². The summed E-state index contributed by atoms with van der Waals surface area (Å²) in [5, 5.41) is 10.2. The fraction of sp³-hybridized carbons (Fsp3) is 0.667. The lowest BCUT2D eigenvalue weighted by molar-refractivity contribution is 0.141. The molecular weight excluding hydrogens is 350 g/mol. The van der Waals surface area contributed by atoms with Gasteiger partial charge in [0.15, 0.2) is 11.5 Å². The Morgan fingerprint density at radius 2 is 1.86 bits per heavy atom. The van der Waals surface area contributed by atoms with E-state index < -0.39 is 0 Å². The molecule has 1 saturated carbocycles. The number of fused-ring (bicyclic) bond motifs is 1. The molecule has 1 heterocycles. The summed E-state index contributed by atoms with van der Waals surface area (Å²) < 4.78 is 12.6. The van der Waals surface area contributed by atoms with Gasteiger partial charge < -0.3 is 19.5 Å². The van der Waals surface area contributed by atoms with Gasteiger partial charge in [-0.2, -0.15) is 0 Å². The maximum atomic E-state index is 10.2. The number of benzene rings is 1. The van der Waals surface area contributed by atoms with Crippen LogP contribution in [0.2, 0.25) is 0 Å². The largest absolute Gasteiger partial charge is 0.487 e. The smallest absolute Gasteiger partial charge is 0.161 e. The van der Waals surface area contributed by atoms with Crippen molar-refractivity contribution in [3.63, 3.8) is 0 Å². The lowest BCUT2D eigenvalue weighted by Crippen LogP contribution is -2.33. The molecule has 28 heavy (non-hydrogen) atoms. The Morgan fingerprint density at radius 1 is 1.07 bits per heavy atom. The first-order valence-electron chi connectivity index (χ1n) is 11.1. The van der Waals surface area contributed by atoms with Gasteiger partial charge in [-0.15, -0.1) is 0 Å². The molecule has 0 amide bonds. The molecule has 4 heteroatoms. The Morgan fingerprint density at radius 3 is 2.61 bits per heavy atom. The Balaban J connectivity index is 1.69. The number of likely N-dealkylation sites (tertiary alicyclic amines) is 1. The fourth-order valence-corrected chi connectivity index (χ4v) is 5.22. The van der Waals surface area contributed by atoms with Gasteiger partial charge in [-0.3, -0.25) is 0 Å². The molecule has 154 valence electrons. The molecule has 3 aliphatic rings. The van der Waals surface area contributed by atoms with E-state index in [2.05, 4.69) is 50.1 Å². The van der Waals surface area contributed by atoms with Gasteiger partial charge in [-0.1, -0.05) is 12.5 Å². The summed E-state index contributed by atoms with van der Waals surface area (Å²) in [6.45, 7) is 5.15. The minimum Gasteiger partial charge on any atom is -0.487 e. The molecule has 1 saturated heterocycles. The molecule has 1 aliphatic heterocycles. The molecule has 0 spiro atoms. The summed E-state index contributed by atoms with van der Waals surface area (Å²) >= 11 is 0. The highest BCUT2D eigenvalue weighted by Gasteiger charge is 2.45. The van der Waals surface area contributed by atoms with Crippen LogP contribution >= 0.6 is 0 Å². The summed E-state index contributed by atoms with van der Waals surface area (Å²) in [6, 6.07) is 6.55. The van der Waals surface area contributed by atoms with Crippen LogP contribution in [0.15, 0.2) is 30.0 Å². The Kier molecular flexibility index (Phi) is 5.59. The number of aliphatic hydroxyl groups is 1. The number of likely N-dealkylation sites (N-methyl/N-ethyl adjacent to an activating group) is 1. The highest BCUT2D eigenvalue weighted by Crippen LogP contribution is 2.50. The van der Waals surface area contributed by atoms with Crippen molar-refractivity contribution < 1.29 is 14.6 Å². The minimum absolute atomic E-state index is 0.00494. The molecule has 4 rings (SSSR count). The average Bonchev–Trinajstić information content (AvgIpc) is 3.01. The molecule has 4 nitrogen and oxygen atoms in total. The topological polar surface area (TPSA) is 41.9 Å². The molecule has 2 fully saturated rings. The van der Waals surface area contributed by atoms with E-state index in [-0.39, 0.29) is 17.6 Å². The zero-order chi connectivity index (χ0) is 19.7. The van der Waals surface area contributed by atoms with Crippen LogP contribution in [0, 0.1) is 0 Å². The zero-order valence-electron chi connectivity index (χ0n) is 17.6. The van der Waals surface area contributed by atoms with Gasteiger partial charge in [-0.05, 0) is 82.6 Å². The summed E-state index contributed by atoms with van der Waals surface area (Å²) in [5.41, 5.74) is 2.57. The van der Waals surface area contributed by atoms with Crippen molar-refractivity contribution in [2.45, 2.75) is 88.9 Å². The van der Waals surface area contributed by atoms with Crippen molar-refractivity contribution in [3.8, 4) is 11.5 Å². The van der Waals surface area contributed by atoms with E-state index in [0.29, 0.717) is 6.10 Å². The second kappa shape index (κ2) is 7.98. The predicted octanol–water partition coefficient (Wildman–Crippen LogP) is 4.80. The lowest BCUT2D eigenvalue weighted by Gasteiger charge is -2.37. The van der Waals surface area contributed by atoms with Crippen LogP contribution in [-0.2, 0) is 5.41 Å². The lowest BCUT2D eigenvalue weighted by atomic mass is 9.70.